The van der Waals surface area contributed by atoms with E-state index in [4.69, 9.17) is 5.26 Å². The number of benzene rings is 2. The number of aliphatic hydroxyl groups is 2. The van der Waals surface area contributed by atoms with Crippen molar-refractivity contribution in [2.75, 3.05) is 0 Å². The Morgan fingerprint density at radius 3 is 2.68 bits per heavy atom. The van der Waals surface area contributed by atoms with E-state index < -0.39 is 18.3 Å². The van der Waals surface area contributed by atoms with Gasteiger partial charge in [0, 0.05) is 12.1 Å². The summed E-state index contributed by atoms with van der Waals surface area (Å²) in [4.78, 5) is 13.4. The summed E-state index contributed by atoms with van der Waals surface area (Å²) >= 11 is 0. The van der Waals surface area contributed by atoms with E-state index in [0.717, 1.165) is 21.9 Å². The second kappa shape index (κ2) is 6.79. The number of rotatable bonds is 4. The van der Waals surface area contributed by atoms with E-state index in [0.29, 0.717) is 12.0 Å². The number of nitrogens with zero attached hydrogens (tertiary/aromatic N) is 2. The molecule has 0 aromatic heterocycles. The molecule has 2 aromatic rings. The average molecular weight is 376 g/mol. The Labute approximate surface area is 162 Å². The lowest BCUT2D eigenvalue weighted by Crippen LogP contribution is -2.64. The highest BCUT2D eigenvalue weighted by Gasteiger charge is 2.56. The molecule has 4 rings (SSSR count). The number of carboxylic acids is 1. The number of fused-ring (bicyclic) bond motifs is 2. The lowest BCUT2D eigenvalue weighted by molar-refractivity contribution is -0.185. The number of carbonyl (C=O) groups is 1. The fourth-order valence-corrected chi connectivity index (χ4v) is 4.41. The summed E-state index contributed by atoms with van der Waals surface area (Å²) in [6.07, 6.45) is 1.94. The van der Waals surface area contributed by atoms with E-state index in [1.807, 2.05) is 42.5 Å². The van der Waals surface area contributed by atoms with E-state index in [2.05, 4.69) is 0 Å². The van der Waals surface area contributed by atoms with Crippen LogP contribution in [0.3, 0.4) is 0 Å². The van der Waals surface area contributed by atoms with Crippen molar-refractivity contribution >= 4 is 28.4 Å². The average Bonchev–Trinajstić information content (AvgIpc) is 3.00. The summed E-state index contributed by atoms with van der Waals surface area (Å²) in [6.45, 7) is 1.62. The molecule has 0 bridgehead atoms. The molecule has 0 aliphatic carbocycles. The van der Waals surface area contributed by atoms with Crippen molar-refractivity contribution in [2.45, 2.75) is 31.7 Å². The Kier molecular flexibility index (Phi) is 4.42. The van der Waals surface area contributed by atoms with Gasteiger partial charge in [-0.3, -0.25) is 0 Å². The highest BCUT2D eigenvalue weighted by atomic mass is 16.4. The molecule has 1 saturated heterocycles. The van der Waals surface area contributed by atoms with Gasteiger partial charge in [0.2, 0.25) is 0 Å². The minimum Gasteiger partial charge on any atom is -0.477 e. The Morgan fingerprint density at radius 1 is 1.29 bits per heavy atom. The van der Waals surface area contributed by atoms with Crippen LogP contribution in [0, 0.1) is 17.2 Å². The summed E-state index contributed by atoms with van der Waals surface area (Å²) in [6, 6.07) is 13.3. The van der Waals surface area contributed by atoms with Crippen molar-refractivity contribution in [1.29, 1.82) is 5.26 Å². The highest BCUT2D eigenvalue weighted by Crippen LogP contribution is 2.49. The van der Waals surface area contributed by atoms with Crippen LogP contribution in [0.4, 0.5) is 0 Å². The molecule has 2 aliphatic rings. The number of aliphatic hydroxyl groups excluding tert-OH is 2. The first kappa shape index (κ1) is 18.2. The van der Waals surface area contributed by atoms with Crippen LogP contribution in [0.25, 0.3) is 22.4 Å². The van der Waals surface area contributed by atoms with Gasteiger partial charge in [0.15, 0.2) is 0 Å². The number of hydrogen-bond acceptors (Lipinski definition) is 5. The van der Waals surface area contributed by atoms with Gasteiger partial charge in [0.1, 0.15) is 11.9 Å². The van der Waals surface area contributed by atoms with Gasteiger partial charge in [-0.2, -0.15) is 5.26 Å². The van der Waals surface area contributed by atoms with Gasteiger partial charge in [-0.25, -0.2) is 4.79 Å². The molecular formula is C22H20N2O4. The smallest absolute Gasteiger partial charge is 0.352 e. The van der Waals surface area contributed by atoms with Crippen LogP contribution in [0.5, 0.6) is 0 Å². The normalized spacial score (nSPS) is 24.9. The maximum atomic E-state index is 11.9. The maximum absolute atomic E-state index is 11.9. The summed E-state index contributed by atoms with van der Waals surface area (Å²) in [5, 5.41) is 40.6. The van der Waals surface area contributed by atoms with Crippen LogP contribution >= 0.6 is 0 Å². The fraction of sp³-hybridized carbons (Fsp3) is 0.273. The van der Waals surface area contributed by atoms with E-state index in [9.17, 15) is 20.1 Å². The second-order valence-corrected chi connectivity index (χ2v) is 7.33. The number of carboxylic acid groups (broad SMARTS) is 1. The van der Waals surface area contributed by atoms with E-state index in [1.165, 1.54) is 11.0 Å². The van der Waals surface area contributed by atoms with Crippen LogP contribution in [0.1, 0.15) is 24.5 Å². The summed E-state index contributed by atoms with van der Waals surface area (Å²) < 4.78 is 0. The zero-order valence-corrected chi connectivity index (χ0v) is 15.3. The second-order valence-electron chi connectivity index (χ2n) is 7.33. The minimum atomic E-state index is -1.07. The number of allylic oxidation sites excluding steroid dienone is 1. The number of hydrogen-bond donors (Lipinski definition) is 3. The molecule has 2 heterocycles. The van der Waals surface area contributed by atoms with Gasteiger partial charge in [-0.15, -0.1) is 0 Å². The van der Waals surface area contributed by atoms with Gasteiger partial charge >= 0.3 is 5.97 Å². The van der Waals surface area contributed by atoms with Crippen molar-refractivity contribution in [2.24, 2.45) is 5.92 Å². The van der Waals surface area contributed by atoms with Gasteiger partial charge in [0.25, 0.3) is 0 Å². The third kappa shape index (κ3) is 2.76. The van der Waals surface area contributed by atoms with Crippen molar-refractivity contribution in [1.82, 2.24) is 4.90 Å². The zero-order chi connectivity index (χ0) is 20.0. The molecule has 1 fully saturated rings. The van der Waals surface area contributed by atoms with Crippen molar-refractivity contribution in [3.8, 4) is 6.07 Å². The first-order chi connectivity index (χ1) is 13.4. The number of nitriles is 1. The standard InChI is InChI=1S/C22H20N2O4/c1-12(25)19-18-11-17(20(22(27)28)24(18)21(19)26)16-7-6-14-9-13(3-2-8-23)4-5-15(14)10-16/h2-7,9-10,12,18-19,21,25-26H,11H2,1H3,(H,27,28)/b3-2-/t12-,18-,19-,21?/m1/s1. The van der Waals surface area contributed by atoms with Crippen molar-refractivity contribution in [3.05, 3.63) is 59.3 Å². The topological polar surface area (TPSA) is 105 Å². The molecule has 0 radical (unpaired) electrons. The third-order valence-corrected chi connectivity index (χ3v) is 5.71. The Morgan fingerprint density at radius 2 is 2.00 bits per heavy atom. The van der Waals surface area contributed by atoms with Crippen LogP contribution < -0.4 is 0 Å². The first-order valence-electron chi connectivity index (χ1n) is 9.13. The lowest BCUT2D eigenvalue weighted by Gasteiger charge is -2.51. The van der Waals surface area contributed by atoms with Crippen LogP contribution in [0.2, 0.25) is 0 Å². The maximum Gasteiger partial charge on any atom is 0.352 e. The molecule has 142 valence electrons. The number of aliphatic carboxylic acids is 1. The summed E-state index contributed by atoms with van der Waals surface area (Å²) in [7, 11) is 0. The minimum absolute atomic E-state index is 0.113. The Bertz CT molecular complexity index is 1060. The van der Waals surface area contributed by atoms with E-state index in [1.54, 1.807) is 13.0 Å². The predicted octanol–water partition coefficient (Wildman–Crippen LogP) is 2.58. The van der Waals surface area contributed by atoms with Crippen LogP contribution in [-0.4, -0.2) is 44.6 Å². The van der Waals surface area contributed by atoms with Crippen LogP contribution in [0.15, 0.2) is 48.2 Å². The van der Waals surface area contributed by atoms with Crippen LogP contribution in [-0.2, 0) is 4.79 Å². The molecule has 28 heavy (non-hydrogen) atoms. The molecule has 0 spiro atoms. The Hall–Kier alpha value is -3.14. The molecule has 4 atom stereocenters. The van der Waals surface area contributed by atoms with Crippen molar-refractivity contribution in [3.63, 3.8) is 0 Å². The molecule has 1 unspecified atom stereocenters. The highest BCUT2D eigenvalue weighted by molar-refractivity contribution is 5.99. The summed E-state index contributed by atoms with van der Waals surface area (Å²) in [5.41, 5.74) is 2.51. The van der Waals surface area contributed by atoms with Crippen molar-refractivity contribution < 1.29 is 20.1 Å². The first-order valence-corrected chi connectivity index (χ1v) is 9.13. The quantitative estimate of drug-likeness (QED) is 0.709. The van der Waals surface area contributed by atoms with E-state index in [-0.39, 0.29) is 17.7 Å². The molecule has 6 heteroatoms. The largest absolute Gasteiger partial charge is 0.477 e. The molecular weight excluding hydrogens is 356 g/mol. The molecule has 2 aromatic carbocycles. The fourth-order valence-electron chi connectivity index (χ4n) is 4.41. The van der Waals surface area contributed by atoms with Gasteiger partial charge in [-0.1, -0.05) is 24.3 Å². The van der Waals surface area contributed by atoms with Gasteiger partial charge < -0.3 is 20.2 Å². The SMILES string of the molecule is C[C@@H](O)[C@H]1C(O)N2C(C(=O)O)=C(c3ccc4cc(/C=C\C#N)ccc4c3)C[C@H]12. The summed E-state index contributed by atoms with van der Waals surface area (Å²) in [5.74, 6) is -1.43. The van der Waals surface area contributed by atoms with Gasteiger partial charge in [-0.05, 0) is 59.0 Å². The Balaban J connectivity index is 1.74. The lowest BCUT2D eigenvalue weighted by atomic mass is 9.81. The van der Waals surface area contributed by atoms with E-state index >= 15 is 0 Å². The molecule has 6 nitrogen and oxygen atoms in total. The monoisotopic (exact) mass is 376 g/mol. The molecule has 0 amide bonds. The predicted molar refractivity (Wildman–Crippen MR) is 105 cm³/mol. The molecule has 3 N–H and O–H groups in total. The molecule has 0 saturated carbocycles. The van der Waals surface area contributed by atoms with Gasteiger partial charge in [0.05, 0.1) is 18.1 Å². The third-order valence-electron chi connectivity index (χ3n) is 5.71. The zero-order valence-electron chi connectivity index (χ0n) is 15.3. The molecule has 2 aliphatic heterocycles.